The summed E-state index contributed by atoms with van der Waals surface area (Å²) >= 11 is 0. The van der Waals surface area contributed by atoms with Gasteiger partial charge in [0.1, 0.15) is 5.82 Å². The number of fused-ring (bicyclic) bond motifs is 1. The highest BCUT2D eigenvalue weighted by atomic mass is 32.2. The van der Waals surface area contributed by atoms with Crippen LogP contribution in [-0.2, 0) is 19.6 Å². The molecule has 0 bridgehead atoms. The molecule has 3 aliphatic rings. The number of amides is 1. The summed E-state index contributed by atoms with van der Waals surface area (Å²) < 4.78 is 46.2. The number of ether oxygens (including phenoxy) is 1. The number of benzene rings is 1. The maximum absolute atomic E-state index is 13.2. The Kier molecular flexibility index (Phi) is 6.72. The Morgan fingerprint density at radius 2 is 1.77 bits per heavy atom. The van der Waals surface area contributed by atoms with E-state index in [1.165, 1.54) is 16.4 Å². The van der Waals surface area contributed by atoms with Crippen molar-refractivity contribution in [1.29, 1.82) is 0 Å². The molecular formula is C21H30FN3O4S. The van der Waals surface area contributed by atoms with Crippen molar-refractivity contribution >= 4 is 15.9 Å². The molecule has 2 unspecified atom stereocenters. The van der Waals surface area contributed by atoms with Gasteiger partial charge in [-0.05, 0) is 50.1 Å². The Bertz CT molecular complexity index is 846. The first-order valence-electron chi connectivity index (χ1n) is 10.8. The van der Waals surface area contributed by atoms with Gasteiger partial charge in [0.15, 0.2) is 0 Å². The van der Waals surface area contributed by atoms with Crippen molar-refractivity contribution in [2.45, 2.75) is 49.1 Å². The number of sulfonamides is 1. The second-order valence-corrected chi connectivity index (χ2v) is 10.3. The Labute approximate surface area is 177 Å². The Balaban J connectivity index is 1.36. The number of hydrogen-bond donors (Lipinski definition) is 0. The predicted molar refractivity (Wildman–Crippen MR) is 110 cm³/mol. The van der Waals surface area contributed by atoms with E-state index in [0.29, 0.717) is 52.3 Å². The quantitative estimate of drug-likeness (QED) is 0.714. The van der Waals surface area contributed by atoms with Crippen LogP contribution >= 0.6 is 0 Å². The molecule has 30 heavy (non-hydrogen) atoms. The van der Waals surface area contributed by atoms with Gasteiger partial charge in [-0.15, -0.1) is 0 Å². The Morgan fingerprint density at radius 1 is 1.00 bits per heavy atom. The van der Waals surface area contributed by atoms with Crippen molar-refractivity contribution in [2.24, 2.45) is 0 Å². The van der Waals surface area contributed by atoms with Gasteiger partial charge in [0, 0.05) is 26.2 Å². The van der Waals surface area contributed by atoms with Gasteiger partial charge in [0.05, 0.1) is 30.2 Å². The van der Waals surface area contributed by atoms with E-state index >= 15 is 0 Å². The number of carbonyl (C=O) groups is 1. The molecule has 2 aliphatic heterocycles. The predicted octanol–water partition coefficient (Wildman–Crippen LogP) is 1.69. The van der Waals surface area contributed by atoms with E-state index in [9.17, 15) is 17.6 Å². The minimum absolute atomic E-state index is 0.102. The lowest BCUT2D eigenvalue weighted by Crippen LogP contribution is -2.56. The average Bonchev–Trinajstić information content (AvgIpc) is 2.99. The van der Waals surface area contributed by atoms with E-state index in [1.807, 2.05) is 4.90 Å². The lowest BCUT2D eigenvalue weighted by molar-refractivity contribution is -0.150. The molecule has 9 heteroatoms. The van der Waals surface area contributed by atoms with E-state index in [0.717, 1.165) is 37.8 Å². The third-order valence-corrected chi connectivity index (χ3v) is 8.32. The van der Waals surface area contributed by atoms with Gasteiger partial charge in [-0.25, -0.2) is 12.8 Å². The summed E-state index contributed by atoms with van der Waals surface area (Å²) in [5.74, 6) is -0.345. The summed E-state index contributed by atoms with van der Waals surface area (Å²) in [6.45, 7) is 3.45. The molecular weight excluding hydrogens is 409 g/mol. The van der Waals surface area contributed by atoms with Crippen LogP contribution in [0.5, 0.6) is 0 Å². The molecule has 2 heterocycles. The summed E-state index contributed by atoms with van der Waals surface area (Å²) in [5.41, 5.74) is 0. The average molecular weight is 440 g/mol. The maximum Gasteiger partial charge on any atom is 0.243 e. The molecule has 0 spiro atoms. The van der Waals surface area contributed by atoms with Gasteiger partial charge in [-0.2, -0.15) is 4.31 Å². The van der Waals surface area contributed by atoms with E-state index in [1.54, 1.807) is 0 Å². The van der Waals surface area contributed by atoms with E-state index in [2.05, 4.69) is 4.90 Å². The fourth-order valence-corrected chi connectivity index (χ4v) is 6.26. The van der Waals surface area contributed by atoms with E-state index < -0.39 is 15.8 Å². The number of halogens is 1. The van der Waals surface area contributed by atoms with Gasteiger partial charge in [-0.3, -0.25) is 9.69 Å². The molecule has 3 fully saturated rings. The van der Waals surface area contributed by atoms with Crippen molar-refractivity contribution in [1.82, 2.24) is 14.1 Å². The van der Waals surface area contributed by atoms with Crippen LogP contribution in [0.2, 0.25) is 0 Å². The largest absolute Gasteiger partial charge is 0.374 e. The molecule has 7 nitrogen and oxygen atoms in total. The normalized spacial score (nSPS) is 26.8. The van der Waals surface area contributed by atoms with Crippen molar-refractivity contribution < 1.29 is 22.3 Å². The molecule has 0 N–H and O–H groups in total. The second-order valence-electron chi connectivity index (χ2n) is 8.34. The van der Waals surface area contributed by atoms with Gasteiger partial charge < -0.3 is 9.64 Å². The summed E-state index contributed by atoms with van der Waals surface area (Å²) in [4.78, 5) is 17.2. The molecule has 4 rings (SSSR count). The zero-order valence-corrected chi connectivity index (χ0v) is 18.0. The zero-order chi connectivity index (χ0) is 21.1. The van der Waals surface area contributed by atoms with Gasteiger partial charge in [-0.1, -0.05) is 12.8 Å². The first-order valence-corrected chi connectivity index (χ1v) is 12.3. The Hall–Kier alpha value is -1.55. The molecule has 1 aromatic carbocycles. The topological polar surface area (TPSA) is 70.2 Å². The fourth-order valence-electron chi connectivity index (χ4n) is 4.79. The van der Waals surface area contributed by atoms with Crippen LogP contribution in [0.15, 0.2) is 29.2 Å². The van der Waals surface area contributed by atoms with Crippen LogP contribution in [0.3, 0.4) is 0 Å². The van der Waals surface area contributed by atoms with Crippen LogP contribution in [-0.4, -0.2) is 86.5 Å². The molecule has 0 radical (unpaired) electrons. The van der Waals surface area contributed by atoms with Crippen molar-refractivity contribution in [3.63, 3.8) is 0 Å². The Morgan fingerprint density at radius 3 is 2.57 bits per heavy atom. The summed E-state index contributed by atoms with van der Waals surface area (Å²) in [6, 6.07) is 5.11. The van der Waals surface area contributed by atoms with Gasteiger partial charge in [0.2, 0.25) is 15.9 Å². The number of hydrogen-bond acceptors (Lipinski definition) is 5. The molecule has 2 atom stereocenters. The van der Waals surface area contributed by atoms with Crippen LogP contribution in [0.25, 0.3) is 0 Å². The third kappa shape index (κ3) is 4.69. The van der Waals surface area contributed by atoms with Crippen LogP contribution in [0.1, 0.15) is 32.1 Å². The molecule has 0 aromatic heterocycles. The first-order chi connectivity index (χ1) is 14.4. The summed E-state index contributed by atoms with van der Waals surface area (Å²) in [6.07, 6.45) is 5.14. The minimum Gasteiger partial charge on any atom is -0.374 e. The summed E-state index contributed by atoms with van der Waals surface area (Å²) in [5, 5.41) is 0. The molecule has 1 saturated carbocycles. The number of carbonyl (C=O) groups excluding carboxylic acids is 1. The number of rotatable bonds is 4. The first kappa shape index (κ1) is 21.7. The van der Waals surface area contributed by atoms with Crippen molar-refractivity contribution in [3.8, 4) is 0 Å². The second kappa shape index (κ2) is 9.30. The molecule has 1 aliphatic carbocycles. The minimum atomic E-state index is -3.66. The molecule has 2 saturated heterocycles. The smallest absolute Gasteiger partial charge is 0.243 e. The van der Waals surface area contributed by atoms with E-state index in [4.69, 9.17) is 4.74 Å². The summed E-state index contributed by atoms with van der Waals surface area (Å²) in [7, 11) is -3.66. The number of morpholine rings is 1. The highest BCUT2D eigenvalue weighted by Gasteiger charge is 2.37. The van der Waals surface area contributed by atoms with E-state index in [-0.39, 0.29) is 22.9 Å². The lowest BCUT2D eigenvalue weighted by Gasteiger charge is -2.44. The standard InChI is InChI=1S/C21H30FN3O4S/c22-17-6-8-18(9-7-17)30(27,28)24-11-3-10-23(12-13-24)16-21(26)25-14-15-29-20-5-2-1-4-19(20)25/h6-9,19-20H,1-5,10-16H2. The third-order valence-electron chi connectivity index (χ3n) is 6.41. The van der Waals surface area contributed by atoms with Crippen LogP contribution < -0.4 is 0 Å². The highest BCUT2D eigenvalue weighted by molar-refractivity contribution is 7.89. The van der Waals surface area contributed by atoms with Crippen LogP contribution in [0, 0.1) is 5.82 Å². The molecule has 166 valence electrons. The van der Waals surface area contributed by atoms with Gasteiger partial charge >= 0.3 is 0 Å². The van der Waals surface area contributed by atoms with Crippen molar-refractivity contribution in [3.05, 3.63) is 30.1 Å². The highest BCUT2D eigenvalue weighted by Crippen LogP contribution is 2.28. The SMILES string of the molecule is O=C(CN1CCCN(S(=O)(=O)c2ccc(F)cc2)CC1)N1CCOC2CCCCC21. The fraction of sp³-hybridized carbons (Fsp3) is 0.667. The lowest BCUT2D eigenvalue weighted by atomic mass is 9.90. The van der Waals surface area contributed by atoms with Crippen LogP contribution in [0.4, 0.5) is 4.39 Å². The molecule has 1 amide bonds. The monoisotopic (exact) mass is 439 g/mol. The number of nitrogens with zero attached hydrogens (tertiary/aromatic N) is 3. The zero-order valence-electron chi connectivity index (χ0n) is 17.2. The van der Waals surface area contributed by atoms with Gasteiger partial charge in [0.25, 0.3) is 0 Å². The molecule has 1 aromatic rings. The maximum atomic E-state index is 13.2. The van der Waals surface area contributed by atoms with Crippen molar-refractivity contribution in [2.75, 3.05) is 45.9 Å².